The molecule has 7 nitrogen and oxygen atoms in total. The Hall–Kier alpha value is -3.79. The lowest BCUT2D eigenvalue weighted by Crippen LogP contribution is -2.54. The first-order valence-corrected chi connectivity index (χ1v) is 11.9. The van der Waals surface area contributed by atoms with Crippen LogP contribution >= 0.6 is 0 Å². The Kier molecular flexibility index (Phi) is 7.11. The topological polar surface area (TPSA) is 95.9 Å². The van der Waals surface area contributed by atoms with Crippen molar-refractivity contribution in [2.75, 3.05) is 19.7 Å². The van der Waals surface area contributed by atoms with Crippen LogP contribution in [0.2, 0.25) is 0 Å². The molecule has 1 aliphatic carbocycles. The fraction of sp³-hybridized carbons (Fsp3) is 0.393. The molecule has 2 unspecified atom stereocenters. The standard InChI is InChI=1S/C28H30N2O5/c1-3-4-14-24(25(31)30-16-9-15-28(2,18-30)26(32)33)29-27(34)35-17-23-21-12-7-5-10-19(21)20-11-6-8-13-22(20)23/h5-8,10-13,23-24H,9,14-18H2,1-2H3,(H,29,34)(H,32,33). The third-order valence-corrected chi connectivity index (χ3v) is 6.94. The van der Waals surface area contributed by atoms with Gasteiger partial charge < -0.3 is 20.1 Å². The molecule has 0 bridgehead atoms. The highest BCUT2D eigenvalue weighted by atomic mass is 16.5. The lowest BCUT2D eigenvalue weighted by atomic mass is 9.82. The molecule has 182 valence electrons. The molecule has 1 heterocycles. The zero-order chi connectivity index (χ0) is 25.0. The van der Waals surface area contributed by atoms with Crippen LogP contribution in [0.4, 0.5) is 4.79 Å². The average Bonchev–Trinajstić information content (AvgIpc) is 3.18. The van der Waals surface area contributed by atoms with Crippen LogP contribution in [0.15, 0.2) is 48.5 Å². The molecule has 1 saturated heterocycles. The highest BCUT2D eigenvalue weighted by molar-refractivity contribution is 5.87. The molecule has 2 N–H and O–H groups in total. The lowest BCUT2D eigenvalue weighted by Gasteiger charge is -2.38. The number of fused-ring (bicyclic) bond motifs is 3. The Morgan fingerprint density at radius 3 is 2.37 bits per heavy atom. The second kappa shape index (κ2) is 10.2. The van der Waals surface area contributed by atoms with Crippen LogP contribution in [0.25, 0.3) is 11.1 Å². The van der Waals surface area contributed by atoms with Crippen molar-refractivity contribution in [1.29, 1.82) is 0 Å². The number of hydrogen-bond acceptors (Lipinski definition) is 4. The number of carbonyl (C=O) groups excluding carboxylic acids is 2. The highest BCUT2D eigenvalue weighted by Crippen LogP contribution is 2.44. The molecule has 2 aliphatic rings. The Morgan fingerprint density at radius 1 is 1.14 bits per heavy atom. The molecule has 35 heavy (non-hydrogen) atoms. The number of ether oxygens (including phenoxy) is 1. The van der Waals surface area contributed by atoms with Crippen molar-refractivity contribution >= 4 is 18.0 Å². The van der Waals surface area contributed by atoms with Gasteiger partial charge in [-0.1, -0.05) is 48.5 Å². The number of hydrogen-bond donors (Lipinski definition) is 2. The summed E-state index contributed by atoms with van der Waals surface area (Å²) in [6.45, 7) is 4.00. The van der Waals surface area contributed by atoms with Crippen molar-refractivity contribution in [3.63, 3.8) is 0 Å². The van der Waals surface area contributed by atoms with Gasteiger partial charge in [0.2, 0.25) is 5.91 Å². The summed E-state index contributed by atoms with van der Waals surface area (Å²) in [5, 5.41) is 12.3. The van der Waals surface area contributed by atoms with E-state index in [0.717, 1.165) is 22.3 Å². The first-order valence-electron chi connectivity index (χ1n) is 11.9. The number of carboxylic acid groups (broad SMARTS) is 1. The summed E-state index contributed by atoms with van der Waals surface area (Å²) in [7, 11) is 0. The second-order valence-electron chi connectivity index (χ2n) is 9.38. The van der Waals surface area contributed by atoms with E-state index in [1.165, 1.54) is 4.90 Å². The number of nitrogens with one attached hydrogen (secondary N) is 1. The highest BCUT2D eigenvalue weighted by Gasteiger charge is 2.41. The minimum atomic E-state index is -1.00. The molecule has 0 spiro atoms. The van der Waals surface area contributed by atoms with E-state index < -0.39 is 23.5 Å². The quantitative estimate of drug-likeness (QED) is 0.617. The van der Waals surface area contributed by atoms with E-state index in [1.54, 1.807) is 13.8 Å². The van der Waals surface area contributed by atoms with Crippen molar-refractivity contribution in [2.45, 2.75) is 45.1 Å². The molecule has 0 saturated carbocycles. The number of amides is 2. The smallest absolute Gasteiger partial charge is 0.407 e. The Labute approximate surface area is 205 Å². The van der Waals surface area contributed by atoms with Crippen LogP contribution in [-0.2, 0) is 14.3 Å². The fourth-order valence-corrected chi connectivity index (χ4v) is 5.01. The number of nitrogens with zero attached hydrogens (tertiary/aromatic N) is 1. The summed E-state index contributed by atoms with van der Waals surface area (Å²) < 4.78 is 5.60. The van der Waals surface area contributed by atoms with Gasteiger partial charge in [-0.15, -0.1) is 11.8 Å². The number of likely N-dealkylation sites (tertiary alicyclic amines) is 1. The van der Waals surface area contributed by atoms with E-state index >= 15 is 0 Å². The molecule has 1 fully saturated rings. The largest absolute Gasteiger partial charge is 0.481 e. The number of carboxylic acids is 1. The van der Waals surface area contributed by atoms with E-state index in [1.807, 2.05) is 36.4 Å². The van der Waals surface area contributed by atoms with Gasteiger partial charge in [-0.05, 0) is 48.9 Å². The van der Waals surface area contributed by atoms with Gasteiger partial charge >= 0.3 is 12.1 Å². The van der Waals surface area contributed by atoms with Gasteiger partial charge in [0.15, 0.2) is 0 Å². The van der Waals surface area contributed by atoms with Crippen molar-refractivity contribution in [3.8, 4) is 23.0 Å². The Balaban J connectivity index is 1.44. The maximum atomic E-state index is 13.2. The van der Waals surface area contributed by atoms with Crippen LogP contribution in [0.5, 0.6) is 0 Å². The summed E-state index contributed by atoms with van der Waals surface area (Å²) in [5.41, 5.74) is 3.47. The number of piperidine rings is 1. The van der Waals surface area contributed by atoms with Crippen LogP contribution in [0, 0.1) is 17.3 Å². The molecule has 4 rings (SSSR count). The van der Waals surface area contributed by atoms with Gasteiger partial charge in [0, 0.05) is 25.4 Å². The van der Waals surface area contributed by atoms with Crippen molar-refractivity contribution in [3.05, 3.63) is 59.7 Å². The van der Waals surface area contributed by atoms with E-state index in [9.17, 15) is 19.5 Å². The van der Waals surface area contributed by atoms with Gasteiger partial charge in [-0.3, -0.25) is 9.59 Å². The molecular formula is C28H30N2O5. The summed E-state index contributed by atoms with van der Waals surface area (Å²) in [6, 6.07) is 15.2. The zero-order valence-electron chi connectivity index (χ0n) is 20.0. The third-order valence-electron chi connectivity index (χ3n) is 6.94. The minimum Gasteiger partial charge on any atom is -0.481 e. The monoisotopic (exact) mass is 474 g/mol. The zero-order valence-corrected chi connectivity index (χ0v) is 20.0. The van der Waals surface area contributed by atoms with Gasteiger partial charge in [-0.25, -0.2) is 4.79 Å². The third kappa shape index (κ3) is 5.02. The van der Waals surface area contributed by atoms with Crippen LogP contribution in [0.3, 0.4) is 0 Å². The van der Waals surface area contributed by atoms with E-state index in [2.05, 4.69) is 29.3 Å². The number of benzene rings is 2. The van der Waals surface area contributed by atoms with Gasteiger partial charge in [0.25, 0.3) is 0 Å². The Morgan fingerprint density at radius 2 is 1.77 bits per heavy atom. The van der Waals surface area contributed by atoms with Crippen LogP contribution in [0.1, 0.15) is 50.2 Å². The average molecular weight is 475 g/mol. The van der Waals surface area contributed by atoms with Crippen molar-refractivity contribution in [2.24, 2.45) is 5.41 Å². The first kappa shape index (κ1) is 24.3. The molecular weight excluding hydrogens is 444 g/mol. The summed E-state index contributed by atoms with van der Waals surface area (Å²) in [4.78, 5) is 39.2. The maximum absolute atomic E-state index is 13.2. The summed E-state index contributed by atoms with van der Waals surface area (Å²) >= 11 is 0. The molecule has 2 aromatic rings. The van der Waals surface area contributed by atoms with E-state index in [-0.39, 0.29) is 31.4 Å². The van der Waals surface area contributed by atoms with Gasteiger partial charge in [0.05, 0.1) is 5.41 Å². The molecule has 0 aromatic heterocycles. The number of carbonyl (C=O) groups is 3. The predicted molar refractivity (Wildman–Crippen MR) is 132 cm³/mol. The second-order valence-corrected chi connectivity index (χ2v) is 9.38. The van der Waals surface area contributed by atoms with Crippen LogP contribution in [-0.4, -0.2) is 53.7 Å². The number of aliphatic carboxylic acids is 1. The fourth-order valence-electron chi connectivity index (χ4n) is 5.01. The first-order chi connectivity index (χ1) is 16.8. The van der Waals surface area contributed by atoms with E-state index in [4.69, 9.17) is 4.74 Å². The molecule has 2 aromatic carbocycles. The summed E-state index contributed by atoms with van der Waals surface area (Å²) in [5.74, 6) is 4.26. The molecule has 2 amide bonds. The molecule has 2 atom stereocenters. The number of rotatable bonds is 6. The van der Waals surface area contributed by atoms with Crippen molar-refractivity contribution in [1.82, 2.24) is 10.2 Å². The molecule has 1 aliphatic heterocycles. The summed E-state index contributed by atoms with van der Waals surface area (Å²) in [6.07, 6.45) is 0.526. The predicted octanol–water partition coefficient (Wildman–Crippen LogP) is 4.02. The van der Waals surface area contributed by atoms with Crippen LogP contribution < -0.4 is 5.32 Å². The molecule has 0 radical (unpaired) electrons. The Bertz CT molecular complexity index is 1150. The maximum Gasteiger partial charge on any atom is 0.407 e. The SMILES string of the molecule is CC#CCC(NC(=O)OCC1c2ccccc2-c2ccccc21)C(=O)N1CCCC(C)(C(=O)O)C1. The van der Waals surface area contributed by atoms with Gasteiger partial charge in [0.1, 0.15) is 12.6 Å². The lowest BCUT2D eigenvalue weighted by molar-refractivity contribution is -0.154. The normalized spacial score (nSPS) is 19.5. The van der Waals surface area contributed by atoms with Gasteiger partial charge in [-0.2, -0.15) is 0 Å². The molecule has 7 heteroatoms. The number of alkyl carbamates (subject to hydrolysis) is 1. The minimum absolute atomic E-state index is 0.0869. The van der Waals surface area contributed by atoms with Crippen molar-refractivity contribution < 1.29 is 24.2 Å². The van der Waals surface area contributed by atoms with E-state index in [0.29, 0.717) is 19.4 Å².